The van der Waals surface area contributed by atoms with Gasteiger partial charge >= 0.3 is 6.03 Å². The second kappa shape index (κ2) is 9.19. The van der Waals surface area contributed by atoms with E-state index < -0.39 is 0 Å². The van der Waals surface area contributed by atoms with Crippen molar-refractivity contribution in [1.29, 1.82) is 0 Å². The van der Waals surface area contributed by atoms with Crippen molar-refractivity contribution >= 4 is 28.5 Å². The van der Waals surface area contributed by atoms with E-state index in [1.807, 2.05) is 37.3 Å². The average Bonchev–Trinajstić information content (AvgIpc) is 3.27. The number of carbonyl (C=O) groups excluding carboxylic acids is 2. The van der Waals surface area contributed by atoms with Crippen LogP contribution in [0.3, 0.4) is 0 Å². The zero-order valence-electron chi connectivity index (χ0n) is 19.8. The maximum Gasteiger partial charge on any atom is 0.330 e. The largest absolute Gasteiger partial charge is 0.439 e. The number of rotatable bonds is 4. The number of carbonyl (C=O) groups is 2. The van der Waals surface area contributed by atoms with E-state index >= 15 is 0 Å². The Bertz CT molecular complexity index is 1440. The number of nitrogens with one attached hydrogen (secondary N) is 3. The number of benzene rings is 2. The molecule has 4 aromatic rings. The molecule has 1 aliphatic heterocycles. The Morgan fingerprint density at radius 1 is 1.14 bits per heavy atom. The maximum absolute atomic E-state index is 13.0. The first-order chi connectivity index (χ1) is 16.9. The van der Waals surface area contributed by atoms with Gasteiger partial charge in [0.15, 0.2) is 0 Å². The number of aryl methyl sites for hydroxylation is 1. The number of hydrogen-bond donors (Lipinski definition) is 3. The van der Waals surface area contributed by atoms with Gasteiger partial charge in [-0.15, -0.1) is 0 Å². The molecule has 9 heteroatoms. The van der Waals surface area contributed by atoms with Crippen molar-refractivity contribution in [2.24, 2.45) is 0 Å². The highest BCUT2D eigenvalue weighted by atomic mass is 16.5. The van der Waals surface area contributed by atoms with Gasteiger partial charge < -0.3 is 20.7 Å². The average molecular weight is 471 g/mol. The number of ether oxygens (including phenoxy) is 1. The summed E-state index contributed by atoms with van der Waals surface area (Å²) in [6, 6.07) is 12.6. The van der Waals surface area contributed by atoms with Crippen molar-refractivity contribution < 1.29 is 14.3 Å². The lowest BCUT2D eigenvalue weighted by Gasteiger charge is -2.23. The minimum atomic E-state index is -0.325. The fourth-order valence-electron chi connectivity index (χ4n) is 4.31. The van der Waals surface area contributed by atoms with Gasteiger partial charge in [-0.05, 0) is 68.3 Å². The van der Waals surface area contributed by atoms with Crippen LogP contribution in [-0.2, 0) is 13.0 Å². The van der Waals surface area contributed by atoms with E-state index in [0.29, 0.717) is 35.5 Å². The monoisotopic (exact) mass is 470 g/mol. The van der Waals surface area contributed by atoms with Crippen LogP contribution >= 0.6 is 0 Å². The number of amides is 2. The summed E-state index contributed by atoms with van der Waals surface area (Å²) in [7, 11) is 1.57. The van der Waals surface area contributed by atoms with Gasteiger partial charge in [0.25, 0.3) is 5.91 Å². The Morgan fingerprint density at radius 3 is 2.83 bits per heavy atom. The molecule has 0 saturated heterocycles. The van der Waals surface area contributed by atoms with Crippen molar-refractivity contribution in [2.45, 2.75) is 32.9 Å². The van der Waals surface area contributed by atoms with E-state index in [9.17, 15) is 9.59 Å². The first-order valence-corrected chi connectivity index (χ1v) is 11.4. The standard InChI is InChI=1S/C26H26N6O3/c1-15-8-18(24(33)27-3)11-19(9-15)31-26(34)32-7-6-17-12-20(4-5-23(17)32)35-25-21-10-16(2)28-13-22(21)29-14-30-25/h4-9,11-12,14,16,28H,10,13H2,1-3H3,(H,27,33)(H,31,34). The second-order valence-corrected chi connectivity index (χ2v) is 8.70. The van der Waals surface area contributed by atoms with Crippen LogP contribution in [0.1, 0.15) is 34.1 Å². The second-order valence-electron chi connectivity index (χ2n) is 8.70. The van der Waals surface area contributed by atoms with Gasteiger partial charge in [0.05, 0.1) is 11.2 Å². The predicted molar refractivity (Wildman–Crippen MR) is 133 cm³/mol. The summed E-state index contributed by atoms with van der Waals surface area (Å²) < 4.78 is 7.66. The van der Waals surface area contributed by atoms with Crippen LogP contribution in [0.25, 0.3) is 10.9 Å². The van der Waals surface area contributed by atoms with Crippen molar-refractivity contribution in [1.82, 2.24) is 25.2 Å². The Labute approximate surface area is 202 Å². The number of aromatic nitrogens is 3. The maximum atomic E-state index is 13.0. The highest BCUT2D eigenvalue weighted by molar-refractivity contribution is 6.00. The number of fused-ring (bicyclic) bond motifs is 2. The molecule has 0 aliphatic carbocycles. The van der Waals surface area contributed by atoms with Crippen LogP contribution in [-0.4, -0.2) is 39.6 Å². The molecule has 0 radical (unpaired) electrons. The quantitative estimate of drug-likeness (QED) is 0.416. The van der Waals surface area contributed by atoms with E-state index in [4.69, 9.17) is 4.74 Å². The molecule has 2 aromatic heterocycles. The van der Waals surface area contributed by atoms with Crippen LogP contribution in [0.4, 0.5) is 10.5 Å². The molecule has 3 heterocycles. The first-order valence-electron chi connectivity index (χ1n) is 11.4. The summed E-state index contributed by atoms with van der Waals surface area (Å²) in [6.45, 7) is 4.69. The lowest BCUT2D eigenvalue weighted by Crippen LogP contribution is -2.33. The molecular formula is C26H26N6O3. The zero-order chi connectivity index (χ0) is 24.5. The number of hydrogen-bond acceptors (Lipinski definition) is 6. The normalized spacial score (nSPS) is 14.9. The van der Waals surface area contributed by atoms with E-state index in [1.54, 1.807) is 25.4 Å². The molecule has 178 valence electrons. The minimum Gasteiger partial charge on any atom is -0.439 e. The minimum absolute atomic E-state index is 0.209. The summed E-state index contributed by atoms with van der Waals surface area (Å²) in [6.07, 6.45) is 4.02. The molecule has 3 N–H and O–H groups in total. The van der Waals surface area contributed by atoms with E-state index in [0.717, 1.165) is 34.1 Å². The van der Waals surface area contributed by atoms with E-state index in [-0.39, 0.29) is 11.9 Å². The molecule has 2 amide bonds. The first kappa shape index (κ1) is 22.5. The van der Waals surface area contributed by atoms with Gasteiger partial charge in [-0.3, -0.25) is 9.36 Å². The van der Waals surface area contributed by atoms with Crippen LogP contribution in [0.15, 0.2) is 55.0 Å². The SMILES string of the molecule is CNC(=O)c1cc(C)cc(NC(=O)n2ccc3cc(Oc4ncnc5c4CC(C)NC5)ccc32)c1. The van der Waals surface area contributed by atoms with Gasteiger partial charge in [0.1, 0.15) is 12.1 Å². The highest BCUT2D eigenvalue weighted by Gasteiger charge is 2.21. The lowest BCUT2D eigenvalue weighted by molar-refractivity contribution is 0.0963. The topological polar surface area (TPSA) is 110 Å². The smallest absolute Gasteiger partial charge is 0.330 e. The third-order valence-electron chi connectivity index (χ3n) is 6.04. The van der Waals surface area contributed by atoms with Crippen LogP contribution in [0.2, 0.25) is 0 Å². The lowest BCUT2D eigenvalue weighted by atomic mass is 10.0. The molecular weight excluding hydrogens is 444 g/mol. The Balaban J connectivity index is 1.38. The molecule has 35 heavy (non-hydrogen) atoms. The molecule has 9 nitrogen and oxygen atoms in total. The van der Waals surface area contributed by atoms with Crippen LogP contribution in [0, 0.1) is 6.92 Å². The van der Waals surface area contributed by atoms with Crippen molar-refractivity contribution in [3.8, 4) is 11.6 Å². The molecule has 1 aliphatic rings. The number of anilines is 1. The molecule has 1 unspecified atom stereocenters. The van der Waals surface area contributed by atoms with Gasteiger partial charge in [-0.25, -0.2) is 14.8 Å². The molecule has 0 spiro atoms. The van der Waals surface area contributed by atoms with Gasteiger partial charge in [0, 0.05) is 48.0 Å². The molecule has 0 fully saturated rings. The van der Waals surface area contributed by atoms with E-state index in [2.05, 4.69) is 32.8 Å². The predicted octanol–water partition coefficient (Wildman–Crippen LogP) is 4.01. The number of nitrogens with zero attached hydrogens (tertiary/aromatic N) is 3. The van der Waals surface area contributed by atoms with Crippen LogP contribution in [0.5, 0.6) is 11.6 Å². The Kier molecular flexibility index (Phi) is 5.92. The van der Waals surface area contributed by atoms with Gasteiger partial charge in [0.2, 0.25) is 5.88 Å². The van der Waals surface area contributed by atoms with Gasteiger partial charge in [-0.2, -0.15) is 0 Å². The van der Waals surface area contributed by atoms with Crippen LogP contribution < -0.4 is 20.7 Å². The van der Waals surface area contributed by atoms with Crippen molar-refractivity contribution in [3.05, 3.63) is 77.4 Å². The summed E-state index contributed by atoms with van der Waals surface area (Å²) in [5.74, 6) is 0.988. The van der Waals surface area contributed by atoms with Gasteiger partial charge in [-0.1, -0.05) is 0 Å². The third kappa shape index (κ3) is 4.58. The zero-order valence-corrected chi connectivity index (χ0v) is 19.8. The molecule has 2 aromatic carbocycles. The van der Waals surface area contributed by atoms with E-state index in [1.165, 1.54) is 10.9 Å². The highest BCUT2D eigenvalue weighted by Crippen LogP contribution is 2.30. The Morgan fingerprint density at radius 2 is 2.00 bits per heavy atom. The fourth-order valence-corrected chi connectivity index (χ4v) is 4.31. The summed E-state index contributed by atoms with van der Waals surface area (Å²) >= 11 is 0. The summed E-state index contributed by atoms with van der Waals surface area (Å²) in [5.41, 5.74) is 4.61. The third-order valence-corrected chi connectivity index (χ3v) is 6.04. The molecule has 1 atom stereocenters. The fraction of sp³-hybridized carbons (Fsp3) is 0.231. The summed E-state index contributed by atoms with van der Waals surface area (Å²) in [5, 5.41) is 9.73. The van der Waals surface area contributed by atoms with Crippen molar-refractivity contribution in [3.63, 3.8) is 0 Å². The molecule has 0 saturated carbocycles. The summed E-state index contributed by atoms with van der Waals surface area (Å²) in [4.78, 5) is 33.7. The molecule has 0 bridgehead atoms. The van der Waals surface area contributed by atoms with Crippen molar-refractivity contribution in [2.75, 3.05) is 12.4 Å². The molecule has 5 rings (SSSR count). The Hall–Kier alpha value is -4.24.